The number of non-ortho nitro benzene ring substituents is 1. The van der Waals surface area contributed by atoms with Crippen molar-refractivity contribution in [2.45, 2.75) is 51.4 Å². The van der Waals surface area contributed by atoms with Gasteiger partial charge in [0.15, 0.2) is 0 Å². The van der Waals surface area contributed by atoms with Crippen LogP contribution in [0.3, 0.4) is 0 Å². The number of hydrazone groups is 1. The van der Waals surface area contributed by atoms with Gasteiger partial charge in [0.1, 0.15) is 5.69 Å². The van der Waals surface area contributed by atoms with Crippen LogP contribution in [0.1, 0.15) is 62.5 Å². The molecule has 0 atom stereocenters. The zero-order chi connectivity index (χ0) is 26.1. The van der Waals surface area contributed by atoms with E-state index in [9.17, 15) is 25.0 Å². The summed E-state index contributed by atoms with van der Waals surface area (Å²) in [5, 5.41) is 26.6. The minimum atomic E-state index is -0.749. The summed E-state index contributed by atoms with van der Waals surface area (Å²) in [5.41, 5.74) is 3.84. The van der Waals surface area contributed by atoms with E-state index in [-0.39, 0.29) is 18.7 Å². The molecule has 3 rings (SSSR count). The molecule has 190 valence electrons. The molecule has 0 radical (unpaired) electrons. The largest absolute Gasteiger partial charge is 0.466 e. The van der Waals surface area contributed by atoms with Gasteiger partial charge in [-0.3, -0.25) is 30.4 Å². The first-order valence-corrected chi connectivity index (χ1v) is 12.0. The summed E-state index contributed by atoms with van der Waals surface area (Å²) >= 11 is 6.64. The van der Waals surface area contributed by atoms with E-state index in [1.54, 1.807) is 6.92 Å². The van der Waals surface area contributed by atoms with Gasteiger partial charge >= 0.3 is 11.7 Å². The third-order valence-electron chi connectivity index (χ3n) is 5.96. The standard InChI is InChI=1S/C25H27ClN4O6/c1-2-36-24(31)14-20(16-27-28-22-13-12-21(29(32)33)15-23(22)30(34)35)25(26)19-10-8-18(9-11-19)17-6-4-3-5-7-17/h8-13,15-17,28H,2-7,14H2,1H3/b25-20+,27-16+. The Balaban J connectivity index is 1.86. The van der Waals surface area contributed by atoms with Crippen molar-refractivity contribution in [3.63, 3.8) is 0 Å². The van der Waals surface area contributed by atoms with Gasteiger partial charge in [-0.1, -0.05) is 55.1 Å². The lowest BCUT2D eigenvalue weighted by Crippen LogP contribution is -2.07. The second-order valence-corrected chi connectivity index (χ2v) is 8.74. The summed E-state index contributed by atoms with van der Waals surface area (Å²) in [5.74, 6) is 0.0371. The fraction of sp³-hybridized carbons (Fsp3) is 0.360. The number of rotatable bonds is 10. The second-order valence-electron chi connectivity index (χ2n) is 8.36. The Morgan fingerprint density at radius 1 is 1.11 bits per heavy atom. The average Bonchev–Trinajstić information content (AvgIpc) is 2.88. The normalized spacial score (nSPS) is 14.8. The molecule has 2 aromatic rings. The van der Waals surface area contributed by atoms with Crippen molar-refractivity contribution in [2.24, 2.45) is 5.10 Å². The highest BCUT2D eigenvalue weighted by Crippen LogP contribution is 2.34. The number of nitrogens with one attached hydrogen (secondary N) is 1. The fourth-order valence-corrected chi connectivity index (χ4v) is 4.37. The van der Waals surface area contributed by atoms with Crippen LogP contribution in [0.2, 0.25) is 0 Å². The molecule has 1 fully saturated rings. The van der Waals surface area contributed by atoms with Crippen LogP contribution < -0.4 is 5.43 Å². The van der Waals surface area contributed by atoms with Crippen molar-refractivity contribution < 1.29 is 19.4 Å². The number of anilines is 1. The highest BCUT2D eigenvalue weighted by atomic mass is 35.5. The van der Waals surface area contributed by atoms with Crippen LogP contribution >= 0.6 is 11.6 Å². The van der Waals surface area contributed by atoms with Crippen LogP contribution in [-0.4, -0.2) is 28.6 Å². The number of nitro groups is 2. The summed E-state index contributed by atoms with van der Waals surface area (Å²) in [4.78, 5) is 33.0. The molecule has 0 unspecified atom stereocenters. The molecule has 36 heavy (non-hydrogen) atoms. The Labute approximate surface area is 213 Å². The lowest BCUT2D eigenvalue weighted by Gasteiger charge is -2.22. The van der Waals surface area contributed by atoms with E-state index in [4.69, 9.17) is 16.3 Å². The molecular formula is C25H27ClN4O6. The van der Waals surface area contributed by atoms with Gasteiger partial charge in [-0.2, -0.15) is 5.10 Å². The molecule has 0 aromatic heterocycles. The molecule has 0 heterocycles. The quantitative estimate of drug-likeness (QED) is 0.164. The lowest BCUT2D eigenvalue weighted by atomic mass is 9.84. The third-order valence-corrected chi connectivity index (χ3v) is 6.42. The second kappa shape index (κ2) is 12.8. The molecule has 1 aliphatic carbocycles. The highest BCUT2D eigenvalue weighted by Gasteiger charge is 2.20. The zero-order valence-electron chi connectivity index (χ0n) is 19.8. The molecule has 0 bridgehead atoms. The Morgan fingerprint density at radius 2 is 1.81 bits per heavy atom. The van der Waals surface area contributed by atoms with Crippen LogP contribution in [0.4, 0.5) is 17.1 Å². The SMILES string of the molecule is CCOC(=O)CC(/C=N/Nc1ccc([N+](=O)[O-])cc1[N+](=O)[O-])=C(\Cl)c1ccc(C2CCCCC2)cc1. The van der Waals surface area contributed by atoms with Crippen molar-refractivity contribution in [3.8, 4) is 0 Å². The number of nitro benzene ring substituents is 2. The molecule has 0 aliphatic heterocycles. The summed E-state index contributed by atoms with van der Waals surface area (Å²) in [7, 11) is 0. The lowest BCUT2D eigenvalue weighted by molar-refractivity contribution is -0.393. The maximum atomic E-state index is 12.2. The molecule has 10 nitrogen and oxygen atoms in total. The Bertz CT molecular complexity index is 1170. The Hall–Kier alpha value is -3.79. The Morgan fingerprint density at radius 3 is 2.42 bits per heavy atom. The maximum absolute atomic E-state index is 12.2. The molecule has 0 amide bonds. The van der Waals surface area contributed by atoms with E-state index in [1.807, 2.05) is 24.3 Å². The zero-order valence-corrected chi connectivity index (χ0v) is 20.6. The van der Waals surface area contributed by atoms with Gasteiger partial charge in [0.2, 0.25) is 0 Å². The van der Waals surface area contributed by atoms with Gasteiger partial charge < -0.3 is 4.74 Å². The first kappa shape index (κ1) is 26.8. The topological polar surface area (TPSA) is 137 Å². The number of nitrogens with zero attached hydrogens (tertiary/aromatic N) is 3. The van der Waals surface area contributed by atoms with E-state index < -0.39 is 27.2 Å². The van der Waals surface area contributed by atoms with E-state index in [2.05, 4.69) is 10.5 Å². The van der Waals surface area contributed by atoms with E-state index in [1.165, 1.54) is 49.9 Å². The van der Waals surface area contributed by atoms with Gasteiger partial charge in [-0.05, 0) is 42.9 Å². The smallest absolute Gasteiger partial charge is 0.310 e. The minimum Gasteiger partial charge on any atom is -0.466 e. The van der Waals surface area contributed by atoms with Crippen molar-refractivity contribution in [1.29, 1.82) is 0 Å². The molecule has 0 saturated heterocycles. The van der Waals surface area contributed by atoms with Crippen LogP contribution in [0, 0.1) is 20.2 Å². The molecule has 1 saturated carbocycles. The first-order valence-electron chi connectivity index (χ1n) is 11.7. The molecule has 0 spiro atoms. The van der Waals surface area contributed by atoms with Crippen LogP contribution in [0.5, 0.6) is 0 Å². The van der Waals surface area contributed by atoms with E-state index in [0.717, 1.165) is 12.1 Å². The molecular weight excluding hydrogens is 488 g/mol. The fourth-order valence-electron chi connectivity index (χ4n) is 4.13. The summed E-state index contributed by atoms with van der Waals surface area (Å²) < 4.78 is 5.04. The summed E-state index contributed by atoms with van der Waals surface area (Å²) in [6, 6.07) is 11.1. The molecule has 1 N–H and O–H groups in total. The summed E-state index contributed by atoms with van der Waals surface area (Å²) in [6.45, 7) is 1.89. The number of hydrogen-bond acceptors (Lipinski definition) is 8. The van der Waals surface area contributed by atoms with Crippen molar-refractivity contribution in [2.75, 3.05) is 12.0 Å². The van der Waals surface area contributed by atoms with Crippen molar-refractivity contribution >= 4 is 45.9 Å². The number of esters is 1. The highest BCUT2D eigenvalue weighted by molar-refractivity contribution is 6.50. The monoisotopic (exact) mass is 514 g/mol. The van der Waals surface area contributed by atoms with Crippen LogP contribution in [0.15, 0.2) is 53.1 Å². The van der Waals surface area contributed by atoms with Gasteiger partial charge in [-0.15, -0.1) is 0 Å². The first-order chi connectivity index (χ1) is 17.3. The van der Waals surface area contributed by atoms with E-state index >= 15 is 0 Å². The van der Waals surface area contributed by atoms with Crippen LogP contribution in [0.25, 0.3) is 5.03 Å². The number of hydrogen-bond donors (Lipinski definition) is 1. The third kappa shape index (κ3) is 7.11. The average molecular weight is 515 g/mol. The number of ether oxygens (including phenoxy) is 1. The number of carbonyl (C=O) groups excluding carboxylic acids is 1. The van der Waals surface area contributed by atoms with Crippen molar-refractivity contribution in [3.05, 3.63) is 79.4 Å². The number of halogens is 1. The predicted octanol–water partition coefficient (Wildman–Crippen LogP) is 6.55. The maximum Gasteiger partial charge on any atom is 0.310 e. The van der Waals surface area contributed by atoms with Gasteiger partial charge in [0, 0.05) is 11.6 Å². The van der Waals surface area contributed by atoms with Gasteiger partial charge in [0.05, 0.1) is 40.2 Å². The molecule has 11 heteroatoms. The predicted molar refractivity (Wildman–Crippen MR) is 138 cm³/mol. The number of benzene rings is 2. The molecule has 2 aromatic carbocycles. The van der Waals surface area contributed by atoms with Crippen LogP contribution in [-0.2, 0) is 9.53 Å². The van der Waals surface area contributed by atoms with Gasteiger partial charge in [0.25, 0.3) is 5.69 Å². The van der Waals surface area contributed by atoms with Crippen molar-refractivity contribution in [1.82, 2.24) is 0 Å². The van der Waals surface area contributed by atoms with Gasteiger partial charge in [-0.25, -0.2) is 0 Å². The number of carbonyl (C=O) groups is 1. The minimum absolute atomic E-state index is 0.0507. The molecule has 1 aliphatic rings. The van der Waals surface area contributed by atoms with E-state index in [0.29, 0.717) is 22.1 Å². The summed E-state index contributed by atoms with van der Waals surface area (Å²) in [6.07, 6.45) is 7.20. The Kier molecular flexibility index (Phi) is 9.52.